The van der Waals surface area contributed by atoms with E-state index < -0.39 is 0 Å². The Hall–Kier alpha value is -2.80. The summed E-state index contributed by atoms with van der Waals surface area (Å²) in [6.07, 6.45) is 10.8. The molecule has 4 heterocycles. The van der Waals surface area contributed by atoms with Crippen molar-refractivity contribution >= 4 is 5.91 Å². The van der Waals surface area contributed by atoms with Crippen molar-refractivity contribution in [3.63, 3.8) is 0 Å². The first-order chi connectivity index (χ1) is 13.2. The fraction of sp³-hybridized carbons (Fsp3) is 0.400. The zero-order chi connectivity index (χ0) is 18.6. The Kier molecular flexibility index (Phi) is 5.11. The van der Waals surface area contributed by atoms with Gasteiger partial charge >= 0.3 is 0 Å². The van der Waals surface area contributed by atoms with Crippen LogP contribution in [0.1, 0.15) is 41.4 Å². The molecule has 0 radical (unpaired) electrons. The van der Waals surface area contributed by atoms with Crippen molar-refractivity contribution in [3.05, 3.63) is 60.4 Å². The maximum atomic E-state index is 12.9. The van der Waals surface area contributed by atoms with Gasteiger partial charge < -0.3 is 14.3 Å². The molecule has 0 bridgehead atoms. The third-order valence-electron chi connectivity index (χ3n) is 5.16. The first kappa shape index (κ1) is 17.6. The van der Waals surface area contributed by atoms with Gasteiger partial charge in [0, 0.05) is 26.0 Å². The minimum absolute atomic E-state index is 0.0518. The van der Waals surface area contributed by atoms with Crippen LogP contribution in [-0.2, 0) is 7.05 Å². The molecule has 1 amide bonds. The summed E-state index contributed by atoms with van der Waals surface area (Å²) in [6.45, 7) is 2.57. The van der Waals surface area contributed by atoms with Gasteiger partial charge in [0.2, 0.25) is 0 Å². The smallest absolute Gasteiger partial charge is 0.256 e. The highest BCUT2D eigenvalue weighted by Gasteiger charge is 2.26. The predicted molar refractivity (Wildman–Crippen MR) is 102 cm³/mol. The van der Waals surface area contributed by atoms with E-state index in [-0.39, 0.29) is 11.9 Å². The number of hydrogen-bond donors (Lipinski definition) is 1. The maximum Gasteiger partial charge on any atom is 0.256 e. The largest absolute Gasteiger partial charge is 0.468 e. The molecule has 4 rings (SSSR count). The molecule has 1 aliphatic heterocycles. The topological polar surface area (TPSA) is 68.2 Å². The predicted octanol–water partition coefficient (Wildman–Crippen LogP) is 2.76. The van der Waals surface area contributed by atoms with Gasteiger partial charge in [0.15, 0.2) is 0 Å². The Morgan fingerprint density at radius 1 is 1.22 bits per heavy atom. The summed E-state index contributed by atoms with van der Waals surface area (Å²) >= 11 is 0. The van der Waals surface area contributed by atoms with E-state index in [1.807, 2.05) is 48.3 Å². The lowest BCUT2D eigenvalue weighted by atomic mass is 10.1. The molecule has 1 N–H and O–H groups in total. The number of furan rings is 1. The molecule has 7 nitrogen and oxygen atoms in total. The van der Waals surface area contributed by atoms with Gasteiger partial charge in [0.25, 0.3) is 5.91 Å². The first-order valence-corrected chi connectivity index (χ1v) is 9.45. The lowest BCUT2D eigenvalue weighted by Gasteiger charge is -2.33. The van der Waals surface area contributed by atoms with Crippen LogP contribution in [0.5, 0.6) is 0 Å². The molecule has 27 heavy (non-hydrogen) atoms. The first-order valence-electron chi connectivity index (χ1n) is 9.45. The molecular formula is C20H25N5O2. The second-order valence-electron chi connectivity index (χ2n) is 6.93. The standard InChI is InChI=1S/C20H25N5O2/c1-23-20(25-11-5-6-12-25)16(14-22-23)19(26)21-15-17(18-8-7-13-27-18)24-9-3-2-4-10-24/h5-8,11-14,17H,2-4,9-10,15H2,1H3,(H,21,26). The molecule has 3 aromatic rings. The molecule has 0 aliphatic carbocycles. The normalized spacial score (nSPS) is 16.3. The second-order valence-corrected chi connectivity index (χ2v) is 6.93. The highest BCUT2D eigenvalue weighted by molar-refractivity contribution is 5.97. The summed E-state index contributed by atoms with van der Waals surface area (Å²) in [7, 11) is 1.84. The van der Waals surface area contributed by atoms with Crippen molar-refractivity contribution in [2.75, 3.05) is 19.6 Å². The van der Waals surface area contributed by atoms with E-state index in [4.69, 9.17) is 4.42 Å². The molecule has 0 aromatic carbocycles. The Bertz CT molecular complexity index is 860. The lowest BCUT2D eigenvalue weighted by molar-refractivity contribution is 0.0914. The van der Waals surface area contributed by atoms with Gasteiger partial charge in [-0.3, -0.25) is 14.4 Å². The van der Waals surface area contributed by atoms with Crippen LogP contribution >= 0.6 is 0 Å². The highest BCUT2D eigenvalue weighted by Crippen LogP contribution is 2.25. The number of amides is 1. The molecular weight excluding hydrogens is 342 g/mol. The Morgan fingerprint density at radius 3 is 2.70 bits per heavy atom. The van der Waals surface area contributed by atoms with Crippen molar-refractivity contribution in [3.8, 4) is 5.82 Å². The van der Waals surface area contributed by atoms with Crippen LogP contribution in [0.25, 0.3) is 5.82 Å². The van der Waals surface area contributed by atoms with Crippen LogP contribution in [-0.4, -0.2) is 44.8 Å². The molecule has 142 valence electrons. The summed E-state index contributed by atoms with van der Waals surface area (Å²) in [5.41, 5.74) is 0.561. The number of nitrogens with zero attached hydrogens (tertiary/aromatic N) is 4. The van der Waals surface area contributed by atoms with Gasteiger partial charge in [0.05, 0.1) is 18.5 Å². The van der Waals surface area contributed by atoms with Crippen LogP contribution < -0.4 is 5.32 Å². The number of hydrogen-bond acceptors (Lipinski definition) is 4. The van der Waals surface area contributed by atoms with Crippen molar-refractivity contribution in [2.45, 2.75) is 25.3 Å². The quantitative estimate of drug-likeness (QED) is 0.727. The number of rotatable bonds is 6. The number of carbonyl (C=O) groups is 1. The fourth-order valence-corrected chi connectivity index (χ4v) is 3.78. The molecule has 1 atom stereocenters. The van der Waals surface area contributed by atoms with Crippen molar-refractivity contribution in [1.29, 1.82) is 0 Å². The Morgan fingerprint density at radius 2 is 2.00 bits per heavy atom. The molecule has 3 aromatic heterocycles. The number of aromatic nitrogens is 3. The van der Waals surface area contributed by atoms with E-state index >= 15 is 0 Å². The Labute approximate surface area is 158 Å². The SMILES string of the molecule is Cn1ncc(C(=O)NCC(c2ccco2)N2CCCCC2)c1-n1cccc1. The van der Waals surface area contributed by atoms with Gasteiger partial charge in [-0.25, -0.2) is 0 Å². The number of piperidine rings is 1. The minimum Gasteiger partial charge on any atom is -0.468 e. The minimum atomic E-state index is -0.125. The summed E-state index contributed by atoms with van der Waals surface area (Å²) in [5, 5.41) is 7.36. The van der Waals surface area contributed by atoms with E-state index in [1.165, 1.54) is 19.3 Å². The lowest BCUT2D eigenvalue weighted by Crippen LogP contribution is -2.40. The molecule has 1 fully saturated rings. The molecule has 1 saturated heterocycles. The Balaban J connectivity index is 1.51. The van der Waals surface area contributed by atoms with Crippen molar-refractivity contribution in [2.24, 2.45) is 7.05 Å². The van der Waals surface area contributed by atoms with Gasteiger partial charge in [-0.2, -0.15) is 5.10 Å². The molecule has 0 spiro atoms. The highest BCUT2D eigenvalue weighted by atomic mass is 16.3. The van der Waals surface area contributed by atoms with Crippen LogP contribution in [0, 0.1) is 0 Å². The average Bonchev–Trinajstić information content (AvgIpc) is 3.44. The average molecular weight is 367 g/mol. The molecule has 0 saturated carbocycles. The fourth-order valence-electron chi connectivity index (χ4n) is 3.78. The molecule has 1 unspecified atom stereocenters. The third kappa shape index (κ3) is 3.68. The van der Waals surface area contributed by atoms with Crippen LogP contribution in [0.15, 0.2) is 53.5 Å². The summed E-state index contributed by atoms with van der Waals surface area (Å²) in [4.78, 5) is 15.3. The maximum absolute atomic E-state index is 12.9. The van der Waals surface area contributed by atoms with Gasteiger partial charge in [-0.05, 0) is 50.2 Å². The number of likely N-dealkylation sites (tertiary alicyclic amines) is 1. The van der Waals surface area contributed by atoms with E-state index in [9.17, 15) is 4.79 Å². The molecule has 7 heteroatoms. The van der Waals surface area contributed by atoms with Crippen molar-refractivity contribution in [1.82, 2.24) is 24.6 Å². The second kappa shape index (κ2) is 7.84. The zero-order valence-corrected chi connectivity index (χ0v) is 15.5. The van der Waals surface area contributed by atoms with E-state index in [1.54, 1.807) is 17.1 Å². The van der Waals surface area contributed by atoms with E-state index in [2.05, 4.69) is 15.3 Å². The van der Waals surface area contributed by atoms with Gasteiger partial charge in [-0.1, -0.05) is 6.42 Å². The zero-order valence-electron chi connectivity index (χ0n) is 15.5. The third-order valence-corrected chi connectivity index (χ3v) is 5.16. The number of nitrogens with one attached hydrogen (secondary N) is 1. The van der Waals surface area contributed by atoms with Crippen molar-refractivity contribution < 1.29 is 9.21 Å². The number of aryl methyl sites for hydroxylation is 1. The molecule has 1 aliphatic rings. The summed E-state index contributed by atoms with van der Waals surface area (Å²) < 4.78 is 9.27. The van der Waals surface area contributed by atoms with Crippen LogP contribution in [0.4, 0.5) is 0 Å². The van der Waals surface area contributed by atoms with Crippen LogP contribution in [0.3, 0.4) is 0 Å². The van der Waals surface area contributed by atoms with Crippen LogP contribution in [0.2, 0.25) is 0 Å². The van der Waals surface area contributed by atoms with Gasteiger partial charge in [0.1, 0.15) is 17.1 Å². The monoisotopic (exact) mass is 367 g/mol. The summed E-state index contributed by atoms with van der Waals surface area (Å²) in [6, 6.07) is 7.80. The number of carbonyl (C=O) groups excluding carboxylic acids is 1. The van der Waals surface area contributed by atoms with E-state index in [0.717, 1.165) is 24.7 Å². The van der Waals surface area contributed by atoms with Gasteiger partial charge in [-0.15, -0.1) is 0 Å². The van der Waals surface area contributed by atoms with E-state index in [0.29, 0.717) is 12.1 Å². The summed E-state index contributed by atoms with van der Waals surface area (Å²) in [5.74, 6) is 1.53.